The van der Waals surface area contributed by atoms with Gasteiger partial charge in [-0.1, -0.05) is 43.8 Å². The molecule has 140 valence electrons. The second-order valence-electron chi connectivity index (χ2n) is 6.50. The summed E-state index contributed by atoms with van der Waals surface area (Å²) in [6.07, 6.45) is 3.17. The van der Waals surface area contributed by atoms with E-state index >= 15 is 0 Å². The van der Waals surface area contributed by atoms with E-state index in [1.54, 1.807) is 10.9 Å². The zero-order valence-electron chi connectivity index (χ0n) is 15.4. The third-order valence-corrected chi connectivity index (χ3v) is 5.10. The molecule has 7 nitrogen and oxygen atoms in total. The number of rotatable bonds is 7. The first-order valence-corrected chi connectivity index (χ1v) is 9.62. The van der Waals surface area contributed by atoms with Gasteiger partial charge in [-0.25, -0.2) is 14.6 Å². The SMILES string of the molecule is CC(=O)C(NC(=O)CSc1ncnc2c1cnn2-c1ccccc1)C(C)C. The Balaban J connectivity index is 1.75. The lowest BCUT2D eigenvalue weighted by Gasteiger charge is -2.19. The molecule has 0 spiro atoms. The van der Waals surface area contributed by atoms with Crippen LogP contribution in [0.2, 0.25) is 0 Å². The maximum absolute atomic E-state index is 12.3. The van der Waals surface area contributed by atoms with Crippen LogP contribution >= 0.6 is 11.8 Å². The van der Waals surface area contributed by atoms with Crippen molar-refractivity contribution in [2.75, 3.05) is 5.75 Å². The lowest BCUT2D eigenvalue weighted by Crippen LogP contribution is -2.44. The van der Waals surface area contributed by atoms with Crippen molar-refractivity contribution in [1.82, 2.24) is 25.1 Å². The van der Waals surface area contributed by atoms with Gasteiger partial charge in [-0.05, 0) is 25.0 Å². The molecule has 0 saturated heterocycles. The van der Waals surface area contributed by atoms with E-state index in [9.17, 15) is 9.59 Å². The van der Waals surface area contributed by atoms with Crippen molar-refractivity contribution in [3.05, 3.63) is 42.9 Å². The molecule has 0 saturated carbocycles. The summed E-state index contributed by atoms with van der Waals surface area (Å²) >= 11 is 1.30. The minimum Gasteiger partial charge on any atom is -0.345 e. The summed E-state index contributed by atoms with van der Waals surface area (Å²) < 4.78 is 1.74. The van der Waals surface area contributed by atoms with Crippen LogP contribution in [0.25, 0.3) is 16.7 Å². The topological polar surface area (TPSA) is 89.8 Å². The fourth-order valence-corrected chi connectivity index (χ4v) is 3.55. The normalized spacial score (nSPS) is 12.3. The Kier molecular flexibility index (Phi) is 5.85. The van der Waals surface area contributed by atoms with Gasteiger partial charge in [0.1, 0.15) is 11.4 Å². The van der Waals surface area contributed by atoms with E-state index < -0.39 is 6.04 Å². The highest BCUT2D eigenvalue weighted by molar-refractivity contribution is 8.00. The molecule has 0 aliphatic heterocycles. The number of benzene rings is 1. The second-order valence-corrected chi connectivity index (χ2v) is 7.46. The van der Waals surface area contributed by atoms with Crippen LogP contribution in [-0.4, -0.2) is 43.2 Å². The van der Waals surface area contributed by atoms with Crippen LogP contribution in [0.4, 0.5) is 0 Å². The Morgan fingerprint density at radius 1 is 1.19 bits per heavy atom. The van der Waals surface area contributed by atoms with Crippen LogP contribution in [-0.2, 0) is 9.59 Å². The van der Waals surface area contributed by atoms with Crippen molar-refractivity contribution in [3.63, 3.8) is 0 Å². The maximum Gasteiger partial charge on any atom is 0.231 e. The van der Waals surface area contributed by atoms with Crippen LogP contribution < -0.4 is 5.32 Å². The molecule has 3 aromatic rings. The minimum atomic E-state index is -0.468. The number of thioether (sulfide) groups is 1. The predicted molar refractivity (Wildman–Crippen MR) is 105 cm³/mol. The highest BCUT2D eigenvalue weighted by Gasteiger charge is 2.21. The highest BCUT2D eigenvalue weighted by Crippen LogP contribution is 2.25. The predicted octanol–water partition coefficient (Wildman–Crippen LogP) is 2.64. The number of hydrogen-bond acceptors (Lipinski definition) is 6. The number of Topliss-reactive ketones (excluding diaryl/α,β-unsaturated/α-hetero) is 1. The lowest BCUT2D eigenvalue weighted by molar-refractivity contribution is -0.126. The summed E-state index contributed by atoms with van der Waals surface area (Å²) in [4.78, 5) is 32.5. The van der Waals surface area contributed by atoms with E-state index in [1.807, 2.05) is 44.2 Å². The maximum atomic E-state index is 12.3. The Hall–Kier alpha value is -2.74. The molecule has 1 unspecified atom stereocenters. The summed E-state index contributed by atoms with van der Waals surface area (Å²) in [7, 11) is 0. The molecule has 0 radical (unpaired) electrons. The van der Waals surface area contributed by atoms with Crippen molar-refractivity contribution < 1.29 is 9.59 Å². The number of para-hydroxylation sites is 1. The molecule has 0 bridgehead atoms. The molecule has 2 heterocycles. The first kappa shape index (κ1) is 19.0. The largest absolute Gasteiger partial charge is 0.345 e. The standard InChI is InChI=1S/C19H21N5O2S/c1-12(2)17(13(3)25)23-16(26)10-27-19-15-9-22-24(18(15)20-11-21-19)14-7-5-4-6-8-14/h4-9,11-12,17H,10H2,1-3H3,(H,23,26). The number of nitrogens with one attached hydrogen (secondary N) is 1. The van der Waals surface area contributed by atoms with Crippen molar-refractivity contribution in [3.8, 4) is 5.69 Å². The highest BCUT2D eigenvalue weighted by atomic mass is 32.2. The molecular weight excluding hydrogens is 362 g/mol. The van der Waals surface area contributed by atoms with Gasteiger partial charge in [0.15, 0.2) is 11.4 Å². The van der Waals surface area contributed by atoms with Gasteiger partial charge in [-0.2, -0.15) is 5.10 Å². The Morgan fingerprint density at radius 3 is 2.59 bits per heavy atom. The van der Waals surface area contributed by atoms with E-state index in [0.29, 0.717) is 10.7 Å². The first-order valence-electron chi connectivity index (χ1n) is 8.64. The fourth-order valence-electron chi connectivity index (χ4n) is 2.78. The third kappa shape index (κ3) is 4.33. The van der Waals surface area contributed by atoms with Gasteiger partial charge >= 0.3 is 0 Å². The zero-order chi connectivity index (χ0) is 19.4. The zero-order valence-corrected chi connectivity index (χ0v) is 16.2. The van der Waals surface area contributed by atoms with Crippen molar-refractivity contribution in [1.29, 1.82) is 0 Å². The quantitative estimate of drug-likeness (QED) is 0.498. The van der Waals surface area contributed by atoms with Gasteiger partial charge in [-0.3, -0.25) is 9.59 Å². The van der Waals surface area contributed by atoms with E-state index in [1.165, 1.54) is 25.0 Å². The molecule has 1 N–H and O–H groups in total. The summed E-state index contributed by atoms with van der Waals surface area (Å²) in [5.41, 5.74) is 1.59. The molecule has 0 fully saturated rings. The number of hydrogen-bond donors (Lipinski definition) is 1. The third-order valence-electron chi connectivity index (χ3n) is 4.09. The van der Waals surface area contributed by atoms with E-state index in [-0.39, 0.29) is 23.4 Å². The molecule has 27 heavy (non-hydrogen) atoms. The summed E-state index contributed by atoms with van der Waals surface area (Å²) in [6, 6.07) is 9.24. The average Bonchev–Trinajstić information content (AvgIpc) is 3.09. The van der Waals surface area contributed by atoms with Crippen LogP contribution in [0.5, 0.6) is 0 Å². The molecule has 2 aromatic heterocycles. The number of fused-ring (bicyclic) bond motifs is 1. The summed E-state index contributed by atoms with van der Waals surface area (Å²) in [6.45, 7) is 5.31. The number of ketones is 1. The van der Waals surface area contributed by atoms with E-state index in [0.717, 1.165) is 11.1 Å². The number of amides is 1. The Bertz CT molecular complexity index is 955. The van der Waals surface area contributed by atoms with E-state index in [4.69, 9.17) is 0 Å². The number of carbonyl (C=O) groups excluding carboxylic acids is 2. The van der Waals surface area contributed by atoms with Crippen LogP contribution in [0, 0.1) is 5.92 Å². The van der Waals surface area contributed by atoms with Gasteiger partial charge in [0.2, 0.25) is 5.91 Å². The molecule has 8 heteroatoms. The summed E-state index contributed by atoms with van der Waals surface area (Å²) in [5, 5.41) is 8.66. The Labute approximate surface area is 161 Å². The van der Waals surface area contributed by atoms with Crippen molar-refractivity contribution >= 4 is 34.5 Å². The molecule has 0 aliphatic carbocycles. The van der Waals surface area contributed by atoms with Crippen molar-refractivity contribution in [2.24, 2.45) is 5.92 Å². The molecule has 1 aromatic carbocycles. The second kappa shape index (κ2) is 8.30. The monoisotopic (exact) mass is 383 g/mol. The first-order chi connectivity index (χ1) is 13.0. The molecular formula is C19H21N5O2S. The number of aromatic nitrogens is 4. The molecule has 3 rings (SSSR count). The number of nitrogens with zero attached hydrogens (tertiary/aromatic N) is 4. The van der Waals surface area contributed by atoms with Crippen LogP contribution in [0.1, 0.15) is 20.8 Å². The summed E-state index contributed by atoms with van der Waals surface area (Å²) in [5.74, 6) is -0.0293. The molecule has 1 amide bonds. The number of carbonyl (C=O) groups is 2. The van der Waals surface area contributed by atoms with Gasteiger partial charge in [-0.15, -0.1) is 0 Å². The van der Waals surface area contributed by atoms with Crippen molar-refractivity contribution in [2.45, 2.75) is 31.8 Å². The minimum absolute atomic E-state index is 0.0445. The Morgan fingerprint density at radius 2 is 1.93 bits per heavy atom. The van der Waals surface area contributed by atoms with Crippen LogP contribution in [0.15, 0.2) is 47.9 Å². The van der Waals surface area contributed by atoms with Gasteiger partial charge in [0, 0.05) is 0 Å². The van der Waals surface area contributed by atoms with Gasteiger partial charge in [0.25, 0.3) is 0 Å². The lowest BCUT2D eigenvalue weighted by atomic mass is 10.0. The van der Waals surface area contributed by atoms with Crippen LogP contribution in [0.3, 0.4) is 0 Å². The average molecular weight is 383 g/mol. The molecule has 1 atom stereocenters. The van der Waals surface area contributed by atoms with E-state index in [2.05, 4.69) is 20.4 Å². The van der Waals surface area contributed by atoms with Gasteiger partial charge in [0.05, 0.1) is 29.1 Å². The fraction of sp³-hybridized carbons (Fsp3) is 0.316. The molecule has 0 aliphatic rings. The smallest absolute Gasteiger partial charge is 0.231 e. The van der Waals surface area contributed by atoms with Gasteiger partial charge < -0.3 is 5.32 Å².